The summed E-state index contributed by atoms with van der Waals surface area (Å²) in [7, 11) is -3.89. The van der Waals surface area contributed by atoms with Crippen LogP contribution in [0, 0.1) is 0 Å². The summed E-state index contributed by atoms with van der Waals surface area (Å²) in [6, 6.07) is 1.88. The third-order valence-electron chi connectivity index (χ3n) is 2.11. The lowest BCUT2D eigenvalue weighted by molar-refractivity contribution is 0.245. The maximum absolute atomic E-state index is 11.7. The predicted octanol–water partition coefficient (Wildman–Crippen LogP) is 0.452. The fourth-order valence-corrected chi connectivity index (χ4v) is 2.02. The quantitative estimate of drug-likeness (QED) is 0.673. The molecule has 0 saturated carbocycles. The van der Waals surface area contributed by atoms with Crippen molar-refractivity contribution < 1.29 is 13.2 Å². The molecule has 0 aliphatic rings. The minimum atomic E-state index is -3.89. The van der Waals surface area contributed by atoms with Crippen molar-refractivity contribution in [1.29, 1.82) is 0 Å². The molecule has 1 aromatic heterocycles. The highest BCUT2D eigenvalue weighted by Gasteiger charge is 2.17. The zero-order valence-corrected chi connectivity index (χ0v) is 10.8. The zero-order chi connectivity index (χ0) is 13.6. The normalized spacial score (nSPS) is 10.9. The molecular formula is C10H16N4O3S. The number of hydrogen-bond acceptors (Lipinski definition) is 5. The minimum absolute atomic E-state index is 0.109. The molecule has 1 rings (SSSR count). The first-order chi connectivity index (χ1) is 8.45. The number of nitrogens with two attached hydrogens (primary N) is 1. The van der Waals surface area contributed by atoms with Gasteiger partial charge in [0.05, 0.1) is 0 Å². The number of hydrogen-bond donors (Lipinski definition) is 3. The van der Waals surface area contributed by atoms with Crippen LogP contribution in [0.25, 0.3) is 0 Å². The highest BCUT2D eigenvalue weighted by atomic mass is 32.2. The first-order valence-electron chi connectivity index (χ1n) is 5.48. The average Bonchev–Trinajstić information content (AvgIpc) is 2.29. The lowest BCUT2D eigenvalue weighted by Crippen LogP contribution is -2.39. The Morgan fingerprint density at radius 2 is 2.17 bits per heavy atom. The van der Waals surface area contributed by atoms with E-state index in [4.69, 9.17) is 5.73 Å². The molecule has 18 heavy (non-hydrogen) atoms. The number of urea groups is 1. The Labute approximate surface area is 106 Å². The number of nitrogens with zero attached hydrogens (tertiary/aromatic N) is 1. The van der Waals surface area contributed by atoms with E-state index in [1.54, 1.807) is 0 Å². The number of pyridine rings is 1. The molecule has 100 valence electrons. The molecule has 0 aliphatic heterocycles. The van der Waals surface area contributed by atoms with Crippen molar-refractivity contribution in [2.75, 3.05) is 12.3 Å². The van der Waals surface area contributed by atoms with Gasteiger partial charge in [0.15, 0.2) is 0 Å². The number of unbranched alkanes of at least 4 members (excludes halogenated alkanes) is 1. The Morgan fingerprint density at radius 1 is 1.44 bits per heavy atom. The van der Waals surface area contributed by atoms with Gasteiger partial charge >= 0.3 is 6.03 Å². The number of sulfonamides is 1. The summed E-state index contributed by atoms with van der Waals surface area (Å²) in [5.41, 5.74) is 5.35. The Hall–Kier alpha value is -1.83. The van der Waals surface area contributed by atoms with Gasteiger partial charge in [0, 0.05) is 12.7 Å². The molecule has 1 aromatic rings. The summed E-state index contributed by atoms with van der Waals surface area (Å²) in [6.45, 7) is 2.40. The average molecular weight is 272 g/mol. The van der Waals surface area contributed by atoms with E-state index < -0.39 is 16.1 Å². The predicted molar refractivity (Wildman–Crippen MR) is 67.3 cm³/mol. The third kappa shape index (κ3) is 4.21. The number of rotatable bonds is 5. The molecule has 0 aromatic carbocycles. The van der Waals surface area contributed by atoms with E-state index in [1.165, 1.54) is 12.1 Å². The molecule has 0 bridgehead atoms. The van der Waals surface area contributed by atoms with Gasteiger partial charge in [0.1, 0.15) is 10.7 Å². The second kappa shape index (κ2) is 6.20. The Balaban J connectivity index is 2.64. The van der Waals surface area contributed by atoms with Crippen LogP contribution in [0.4, 0.5) is 10.6 Å². The van der Waals surface area contributed by atoms with Crippen LogP contribution >= 0.6 is 0 Å². The molecule has 0 aliphatic carbocycles. The number of amides is 2. The molecule has 4 N–H and O–H groups in total. The van der Waals surface area contributed by atoms with Crippen molar-refractivity contribution >= 4 is 21.9 Å². The van der Waals surface area contributed by atoms with Crippen LogP contribution in [0.2, 0.25) is 0 Å². The van der Waals surface area contributed by atoms with E-state index in [0.29, 0.717) is 6.54 Å². The van der Waals surface area contributed by atoms with Gasteiger partial charge in [-0.05, 0) is 18.6 Å². The van der Waals surface area contributed by atoms with E-state index in [-0.39, 0.29) is 10.7 Å². The van der Waals surface area contributed by atoms with Crippen molar-refractivity contribution in [3.05, 3.63) is 18.3 Å². The number of nitrogen functional groups attached to an aromatic ring is 1. The van der Waals surface area contributed by atoms with Gasteiger partial charge in [0.25, 0.3) is 10.0 Å². The SMILES string of the molecule is CCCCNC(=O)NS(=O)(=O)c1ccc(N)nc1. The van der Waals surface area contributed by atoms with Gasteiger partial charge in [-0.1, -0.05) is 13.3 Å². The minimum Gasteiger partial charge on any atom is -0.384 e. The lowest BCUT2D eigenvalue weighted by Gasteiger charge is -2.07. The summed E-state index contributed by atoms with van der Waals surface area (Å²) < 4.78 is 25.4. The summed E-state index contributed by atoms with van der Waals surface area (Å²) in [6.07, 6.45) is 2.79. The van der Waals surface area contributed by atoms with E-state index in [9.17, 15) is 13.2 Å². The first-order valence-corrected chi connectivity index (χ1v) is 6.96. The standard InChI is InChI=1S/C10H16N4O3S/c1-2-3-6-12-10(15)14-18(16,17)8-4-5-9(11)13-7-8/h4-5,7H,2-3,6H2,1H3,(H2,11,13)(H2,12,14,15). The van der Waals surface area contributed by atoms with Crippen LogP contribution in [0.5, 0.6) is 0 Å². The molecule has 0 saturated heterocycles. The second-order valence-electron chi connectivity index (χ2n) is 3.63. The molecule has 0 spiro atoms. The highest BCUT2D eigenvalue weighted by Crippen LogP contribution is 2.08. The van der Waals surface area contributed by atoms with E-state index >= 15 is 0 Å². The number of nitrogens with one attached hydrogen (secondary N) is 2. The van der Waals surface area contributed by atoms with E-state index in [0.717, 1.165) is 19.0 Å². The topological polar surface area (TPSA) is 114 Å². The van der Waals surface area contributed by atoms with Crippen molar-refractivity contribution in [2.45, 2.75) is 24.7 Å². The molecule has 8 heteroatoms. The maximum atomic E-state index is 11.7. The Morgan fingerprint density at radius 3 is 2.72 bits per heavy atom. The lowest BCUT2D eigenvalue weighted by atomic mass is 10.3. The zero-order valence-electron chi connectivity index (χ0n) is 10.0. The van der Waals surface area contributed by atoms with Gasteiger partial charge in [0.2, 0.25) is 0 Å². The molecule has 0 radical (unpaired) electrons. The summed E-state index contributed by atoms with van der Waals surface area (Å²) >= 11 is 0. The van der Waals surface area contributed by atoms with Crippen LogP contribution in [0.15, 0.2) is 23.2 Å². The molecule has 0 atom stereocenters. The fraction of sp³-hybridized carbons (Fsp3) is 0.400. The van der Waals surface area contributed by atoms with E-state index in [2.05, 4.69) is 10.3 Å². The number of anilines is 1. The van der Waals surface area contributed by atoms with Gasteiger partial charge in [-0.2, -0.15) is 0 Å². The largest absolute Gasteiger partial charge is 0.384 e. The first kappa shape index (κ1) is 14.2. The van der Waals surface area contributed by atoms with Gasteiger partial charge in [-0.3, -0.25) is 0 Å². The Bertz CT molecular complexity index is 498. The van der Waals surface area contributed by atoms with Gasteiger partial charge < -0.3 is 11.1 Å². The highest BCUT2D eigenvalue weighted by molar-refractivity contribution is 7.90. The van der Waals surface area contributed by atoms with Crippen molar-refractivity contribution in [3.63, 3.8) is 0 Å². The van der Waals surface area contributed by atoms with Gasteiger partial charge in [-0.15, -0.1) is 0 Å². The molecule has 1 heterocycles. The molecular weight excluding hydrogens is 256 g/mol. The van der Waals surface area contributed by atoms with Crippen LogP contribution < -0.4 is 15.8 Å². The fourth-order valence-electron chi connectivity index (χ4n) is 1.15. The number of carbonyl (C=O) groups excluding carboxylic acids is 1. The second-order valence-corrected chi connectivity index (χ2v) is 5.32. The summed E-state index contributed by atoms with van der Waals surface area (Å²) in [5.74, 6) is 0.210. The maximum Gasteiger partial charge on any atom is 0.328 e. The van der Waals surface area contributed by atoms with Crippen molar-refractivity contribution in [2.24, 2.45) is 0 Å². The third-order valence-corrected chi connectivity index (χ3v) is 3.43. The van der Waals surface area contributed by atoms with Gasteiger partial charge in [-0.25, -0.2) is 22.9 Å². The monoisotopic (exact) mass is 272 g/mol. The molecule has 2 amide bonds. The van der Waals surface area contributed by atoms with Crippen LogP contribution in [-0.2, 0) is 10.0 Å². The van der Waals surface area contributed by atoms with Crippen LogP contribution in [-0.4, -0.2) is 26.0 Å². The number of carbonyl (C=O) groups is 1. The van der Waals surface area contributed by atoms with Crippen molar-refractivity contribution in [1.82, 2.24) is 15.0 Å². The number of aromatic nitrogens is 1. The van der Waals surface area contributed by atoms with Crippen LogP contribution in [0.3, 0.4) is 0 Å². The van der Waals surface area contributed by atoms with Crippen LogP contribution in [0.1, 0.15) is 19.8 Å². The van der Waals surface area contributed by atoms with Crippen molar-refractivity contribution in [3.8, 4) is 0 Å². The van der Waals surface area contributed by atoms with E-state index in [1.807, 2.05) is 11.6 Å². The summed E-state index contributed by atoms with van der Waals surface area (Å²) in [4.78, 5) is 14.9. The Kier molecular flexibility index (Phi) is 4.90. The molecule has 0 unspecified atom stereocenters. The smallest absolute Gasteiger partial charge is 0.328 e. The molecule has 0 fully saturated rings. The molecule has 7 nitrogen and oxygen atoms in total. The summed E-state index contributed by atoms with van der Waals surface area (Å²) in [5, 5.41) is 2.45.